The second-order valence-corrected chi connectivity index (χ2v) is 18.5. The zero-order valence-corrected chi connectivity index (χ0v) is 40.8. The van der Waals surface area contributed by atoms with Gasteiger partial charge >= 0.3 is 0 Å². The molecule has 9 heteroatoms. The first-order valence-corrected chi connectivity index (χ1v) is 25.1. The second kappa shape index (κ2) is 18.8. The van der Waals surface area contributed by atoms with Crippen LogP contribution >= 0.6 is 0 Å². The highest BCUT2D eigenvalue weighted by molar-refractivity contribution is 5.94. The van der Waals surface area contributed by atoms with Crippen LogP contribution in [0, 0.1) is 0 Å². The lowest BCUT2D eigenvalue weighted by molar-refractivity contribution is 0.477. The summed E-state index contributed by atoms with van der Waals surface area (Å²) in [7, 11) is 0. The van der Waals surface area contributed by atoms with E-state index in [4.69, 9.17) is 34.4 Å². The Hall–Kier alpha value is -10.5. The number of anilines is 6. The van der Waals surface area contributed by atoms with Gasteiger partial charge in [-0.3, -0.25) is 0 Å². The van der Waals surface area contributed by atoms with Crippen molar-refractivity contribution in [1.29, 1.82) is 0 Å². The van der Waals surface area contributed by atoms with Gasteiger partial charge in [-0.1, -0.05) is 170 Å². The molecule has 0 N–H and O–H groups in total. The average molecular weight is 978 g/mol. The Balaban J connectivity index is 1.06. The molecule has 0 saturated heterocycles. The van der Waals surface area contributed by atoms with Gasteiger partial charge in [0.05, 0.1) is 34.1 Å². The van der Waals surface area contributed by atoms with Crippen LogP contribution < -0.4 is 19.3 Å². The highest BCUT2D eigenvalue weighted by Crippen LogP contribution is 2.55. The molecule has 0 amide bonds. The quantitative estimate of drug-likeness (QED) is 0.140. The molecule has 4 heterocycles. The summed E-state index contributed by atoms with van der Waals surface area (Å²) >= 11 is 0. The molecular weight excluding hydrogens is 935 g/mol. The number of ether oxygens (including phenoxy) is 2. The number of nitrogens with zero attached hydrogens (tertiary/aromatic N) is 7. The maximum Gasteiger partial charge on any atom is 0.164 e. The van der Waals surface area contributed by atoms with E-state index in [1.54, 1.807) is 0 Å². The molecule has 76 heavy (non-hydrogen) atoms. The van der Waals surface area contributed by atoms with Crippen molar-refractivity contribution >= 4 is 34.1 Å². The Morgan fingerprint density at radius 3 is 0.947 bits per heavy atom. The molecule has 0 atom stereocenters. The first-order chi connectivity index (χ1) is 37.6. The summed E-state index contributed by atoms with van der Waals surface area (Å²) in [4.78, 5) is 30.8. The Labute approximate surface area is 439 Å². The molecule has 9 nitrogen and oxygen atoms in total. The van der Waals surface area contributed by atoms with Crippen molar-refractivity contribution in [3.63, 3.8) is 0 Å². The second-order valence-electron chi connectivity index (χ2n) is 18.5. The fourth-order valence-corrected chi connectivity index (χ4v) is 10.1. The van der Waals surface area contributed by atoms with Crippen LogP contribution in [0.5, 0.6) is 23.0 Å². The van der Waals surface area contributed by atoms with Crippen molar-refractivity contribution in [3.8, 4) is 102 Å². The first-order valence-electron chi connectivity index (χ1n) is 25.1. The third-order valence-electron chi connectivity index (χ3n) is 13.6. The molecule has 0 fully saturated rings. The van der Waals surface area contributed by atoms with Gasteiger partial charge in [0.25, 0.3) is 0 Å². The smallest absolute Gasteiger partial charge is 0.164 e. The lowest BCUT2D eigenvalue weighted by Gasteiger charge is -2.36. The van der Waals surface area contributed by atoms with E-state index in [9.17, 15) is 0 Å². The van der Waals surface area contributed by atoms with Crippen molar-refractivity contribution < 1.29 is 9.47 Å². The maximum atomic E-state index is 6.58. The molecule has 0 bridgehead atoms. The van der Waals surface area contributed by atoms with Crippen LogP contribution in [0.2, 0.25) is 0 Å². The van der Waals surface area contributed by atoms with E-state index in [0.717, 1.165) is 113 Å². The number of aromatic nitrogens is 5. The lowest BCUT2D eigenvalue weighted by atomic mass is 9.95. The fourth-order valence-electron chi connectivity index (χ4n) is 10.1. The number of hydrogen-bond acceptors (Lipinski definition) is 9. The number of fused-ring (bicyclic) bond motifs is 4. The first kappa shape index (κ1) is 44.2. The van der Waals surface area contributed by atoms with Gasteiger partial charge in [-0.15, -0.1) is 0 Å². The highest BCUT2D eigenvalue weighted by atomic mass is 16.5. The monoisotopic (exact) mass is 977 g/mol. The van der Waals surface area contributed by atoms with Crippen LogP contribution in [0.1, 0.15) is 0 Å². The van der Waals surface area contributed by atoms with Crippen LogP contribution in [0.15, 0.2) is 261 Å². The normalized spacial score (nSPS) is 12.1. The van der Waals surface area contributed by atoms with Crippen LogP contribution in [0.4, 0.5) is 34.1 Å². The lowest BCUT2D eigenvalue weighted by Crippen LogP contribution is -2.18. The zero-order valence-electron chi connectivity index (χ0n) is 40.8. The van der Waals surface area contributed by atoms with Crippen LogP contribution in [-0.2, 0) is 0 Å². The van der Waals surface area contributed by atoms with Crippen LogP contribution in [0.25, 0.3) is 79.2 Å². The van der Waals surface area contributed by atoms with E-state index in [2.05, 4.69) is 113 Å². The Bertz CT molecular complexity index is 3670. The molecule has 0 aliphatic carbocycles. The summed E-state index contributed by atoms with van der Waals surface area (Å²) in [5.74, 6) is 5.27. The molecule has 0 spiro atoms. The summed E-state index contributed by atoms with van der Waals surface area (Å²) in [5, 5.41) is 0. The van der Waals surface area contributed by atoms with Gasteiger partial charge in [0.2, 0.25) is 0 Å². The average Bonchev–Trinajstić information content (AvgIpc) is 3.56. The third-order valence-corrected chi connectivity index (χ3v) is 13.6. The Kier molecular flexibility index (Phi) is 11.0. The maximum absolute atomic E-state index is 6.58. The van der Waals surface area contributed by atoms with Gasteiger partial charge in [-0.2, -0.15) is 0 Å². The van der Waals surface area contributed by atoms with E-state index in [-0.39, 0.29) is 0 Å². The van der Waals surface area contributed by atoms with Crippen LogP contribution in [0.3, 0.4) is 0 Å². The molecule has 2 aliphatic heterocycles. The fraction of sp³-hybridized carbons (Fsp3) is 0. The Morgan fingerprint density at radius 1 is 0.224 bits per heavy atom. The van der Waals surface area contributed by atoms with Gasteiger partial charge in [0, 0.05) is 44.8 Å². The van der Waals surface area contributed by atoms with Crippen molar-refractivity contribution in [1.82, 2.24) is 24.9 Å². The van der Waals surface area contributed by atoms with E-state index in [1.165, 1.54) is 0 Å². The molecule has 0 saturated carbocycles. The van der Waals surface area contributed by atoms with Crippen molar-refractivity contribution in [2.75, 3.05) is 9.80 Å². The summed E-state index contributed by atoms with van der Waals surface area (Å²) < 4.78 is 13.2. The topological polar surface area (TPSA) is 89.4 Å². The van der Waals surface area contributed by atoms with E-state index < -0.39 is 0 Å². The summed E-state index contributed by atoms with van der Waals surface area (Å²) in [6.45, 7) is 0. The van der Waals surface area contributed by atoms with Gasteiger partial charge in [0.15, 0.2) is 46.3 Å². The predicted molar refractivity (Wildman–Crippen MR) is 303 cm³/mol. The van der Waals surface area contributed by atoms with Crippen LogP contribution in [-0.4, -0.2) is 24.9 Å². The van der Waals surface area contributed by atoms with Crippen molar-refractivity contribution in [2.24, 2.45) is 0 Å². The molecule has 0 radical (unpaired) electrons. The molecule has 14 rings (SSSR count). The van der Waals surface area contributed by atoms with E-state index in [0.29, 0.717) is 23.3 Å². The van der Waals surface area contributed by atoms with E-state index >= 15 is 0 Å². The third kappa shape index (κ3) is 8.24. The Morgan fingerprint density at radius 2 is 0.526 bits per heavy atom. The molecule has 2 aliphatic rings. The minimum atomic E-state index is 0.514. The number of hydrogen-bond donors (Lipinski definition) is 0. The minimum absolute atomic E-state index is 0.514. The predicted octanol–water partition coefficient (Wildman–Crippen LogP) is 17.5. The summed E-state index contributed by atoms with van der Waals surface area (Å²) in [6.07, 6.45) is 0. The SMILES string of the molecule is c1ccc(-c2cc(-c3cc(-c4cc(N5c6ccccc6Oc6ccccc65)cc(N5c6ccccc6Oc6ccccc65)c4)cc(-c4nc(-c5ccccc5)nc(-c5ccccc5)n4)c3)nc(-c3ccccc3)n2)cc1. The van der Waals surface area contributed by atoms with Gasteiger partial charge < -0.3 is 19.3 Å². The molecule has 358 valence electrons. The van der Waals surface area contributed by atoms with Crippen molar-refractivity contribution in [2.45, 2.75) is 0 Å². The minimum Gasteiger partial charge on any atom is -0.453 e. The van der Waals surface area contributed by atoms with E-state index in [1.807, 2.05) is 158 Å². The molecule has 10 aromatic carbocycles. The van der Waals surface area contributed by atoms with Gasteiger partial charge in [-0.05, 0) is 102 Å². The molecule has 12 aromatic rings. The number of para-hydroxylation sites is 8. The van der Waals surface area contributed by atoms with Gasteiger partial charge in [-0.25, -0.2) is 24.9 Å². The number of benzene rings is 10. The molecule has 2 aromatic heterocycles. The molecular formula is C67H43N7O2. The standard InChI is InChI=1S/C67H43N7O2/c1-5-21-44(22-6-1)54-43-55(69-64(68-54)45-23-7-2-8-24-45)50-37-48(38-51(39-50)67-71-65(46-25-9-3-10-26-46)70-66(72-67)47-27-11-4-12-28-47)49-40-52(73-56-29-13-17-33-60(56)75-61-34-18-14-30-57(61)73)42-53(41-49)74-58-31-15-19-35-62(58)76-63-36-20-16-32-59(63)74/h1-43H. The largest absolute Gasteiger partial charge is 0.453 e. The highest BCUT2D eigenvalue weighted by Gasteiger charge is 2.30. The van der Waals surface area contributed by atoms with Crippen molar-refractivity contribution in [3.05, 3.63) is 261 Å². The summed E-state index contributed by atoms with van der Waals surface area (Å²) in [5.41, 5.74) is 14.1. The number of rotatable bonds is 9. The summed E-state index contributed by atoms with van der Waals surface area (Å²) in [6, 6.07) is 88.7. The van der Waals surface area contributed by atoms with Gasteiger partial charge in [0.1, 0.15) is 0 Å². The molecule has 0 unspecified atom stereocenters. The zero-order chi connectivity index (χ0) is 50.4.